The van der Waals surface area contributed by atoms with Crippen molar-refractivity contribution in [1.29, 1.82) is 0 Å². The van der Waals surface area contributed by atoms with Crippen LogP contribution in [-0.4, -0.2) is 24.9 Å². The Hall–Kier alpha value is -1.35. The smallest absolute Gasteiger partial charge is 0.240 e. The van der Waals surface area contributed by atoms with Gasteiger partial charge in [0.1, 0.15) is 0 Å². The summed E-state index contributed by atoms with van der Waals surface area (Å²) in [6.45, 7) is 2.48. The number of unbranched alkanes of at least 4 members (excludes halogenated alkanes) is 1. The first-order valence-electron chi connectivity index (χ1n) is 8.34. The van der Waals surface area contributed by atoms with Gasteiger partial charge in [-0.1, -0.05) is 53.2 Å². The Balaban J connectivity index is 1.73. The lowest BCUT2D eigenvalue weighted by Crippen LogP contribution is -2.24. The molecule has 1 heterocycles. The molecule has 0 bridgehead atoms. The summed E-state index contributed by atoms with van der Waals surface area (Å²) in [6.07, 6.45) is 1.77. The number of nitrogens with one attached hydrogen (secondary N) is 2. The van der Waals surface area contributed by atoms with Crippen LogP contribution < -0.4 is 4.72 Å². The molecule has 26 heavy (non-hydrogen) atoms. The molecule has 0 saturated carbocycles. The fraction of sp³-hybridized carbons (Fsp3) is 0.278. The third kappa shape index (κ3) is 4.88. The van der Waals surface area contributed by atoms with Crippen LogP contribution in [0.3, 0.4) is 0 Å². The van der Waals surface area contributed by atoms with E-state index in [-0.39, 0.29) is 4.90 Å². The Morgan fingerprint density at radius 2 is 1.96 bits per heavy atom. The molecular formula is C18H20BrN3O2S2. The average molecular weight is 454 g/mol. The van der Waals surface area contributed by atoms with Crippen molar-refractivity contribution in [3.63, 3.8) is 0 Å². The molecule has 5 nitrogen and oxygen atoms in total. The van der Waals surface area contributed by atoms with Gasteiger partial charge in [-0.2, -0.15) is 0 Å². The maximum absolute atomic E-state index is 12.3. The van der Waals surface area contributed by atoms with Gasteiger partial charge >= 0.3 is 0 Å². The third-order valence-electron chi connectivity index (χ3n) is 3.85. The molecule has 3 aromatic rings. The molecule has 3 rings (SSSR count). The minimum atomic E-state index is -3.48. The molecule has 0 aliphatic heterocycles. The molecule has 0 radical (unpaired) electrons. The van der Waals surface area contributed by atoms with Crippen LogP contribution in [0.25, 0.3) is 11.0 Å². The van der Waals surface area contributed by atoms with Gasteiger partial charge in [0, 0.05) is 16.8 Å². The number of hydrogen-bond acceptors (Lipinski definition) is 4. The van der Waals surface area contributed by atoms with Crippen molar-refractivity contribution in [2.24, 2.45) is 0 Å². The lowest BCUT2D eigenvalue weighted by atomic mass is 10.2. The van der Waals surface area contributed by atoms with Crippen LogP contribution in [0.5, 0.6) is 0 Å². The number of imidazole rings is 1. The number of benzene rings is 2. The summed E-state index contributed by atoms with van der Waals surface area (Å²) < 4.78 is 28.4. The summed E-state index contributed by atoms with van der Waals surface area (Å²) in [4.78, 5) is 7.99. The van der Waals surface area contributed by atoms with Crippen LogP contribution in [0.4, 0.5) is 0 Å². The fourth-order valence-corrected chi connectivity index (χ4v) is 4.60. The molecule has 2 N–H and O–H groups in total. The quantitative estimate of drug-likeness (QED) is 0.382. The van der Waals surface area contributed by atoms with Gasteiger partial charge in [0.25, 0.3) is 0 Å². The average Bonchev–Trinajstić information content (AvgIpc) is 3.03. The minimum absolute atomic E-state index is 0.259. The zero-order valence-electron chi connectivity index (χ0n) is 14.3. The monoisotopic (exact) mass is 453 g/mol. The maximum atomic E-state index is 12.3. The highest BCUT2D eigenvalue weighted by molar-refractivity contribution is 9.10. The number of sulfonamides is 1. The van der Waals surface area contributed by atoms with Gasteiger partial charge in [-0.3, -0.25) is 0 Å². The number of hydrogen-bond donors (Lipinski definition) is 2. The number of thioether (sulfide) groups is 1. The van der Waals surface area contributed by atoms with Crippen molar-refractivity contribution in [2.75, 3.05) is 6.54 Å². The van der Waals surface area contributed by atoms with Crippen molar-refractivity contribution in [3.05, 3.63) is 52.5 Å². The molecule has 2 aromatic carbocycles. The Bertz CT molecular complexity index is 985. The van der Waals surface area contributed by atoms with Crippen molar-refractivity contribution in [2.45, 2.75) is 35.6 Å². The van der Waals surface area contributed by atoms with E-state index in [0.29, 0.717) is 6.54 Å². The van der Waals surface area contributed by atoms with Crippen molar-refractivity contribution >= 4 is 48.7 Å². The zero-order valence-corrected chi connectivity index (χ0v) is 17.5. The second kappa shape index (κ2) is 8.56. The lowest BCUT2D eigenvalue weighted by molar-refractivity contribution is 0.578. The van der Waals surface area contributed by atoms with Crippen LogP contribution >= 0.6 is 27.7 Å². The van der Waals surface area contributed by atoms with E-state index in [1.807, 2.05) is 19.1 Å². The van der Waals surface area contributed by atoms with E-state index in [1.54, 1.807) is 30.0 Å². The predicted octanol–water partition coefficient (Wildman–Crippen LogP) is 4.70. The van der Waals surface area contributed by atoms with E-state index < -0.39 is 10.0 Å². The molecule has 8 heteroatoms. The lowest BCUT2D eigenvalue weighted by Gasteiger charge is -2.05. The Morgan fingerprint density at radius 3 is 2.69 bits per heavy atom. The summed E-state index contributed by atoms with van der Waals surface area (Å²) in [7, 11) is -3.48. The van der Waals surface area contributed by atoms with Crippen LogP contribution in [0.15, 0.2) is 57.0 Å². The highest BCUT2D eigenvalue weighted by Crippen LogP contribution is 2.25. The van der Waals surface area contributed by atoms with Gasteiger partial charge < -0.3 is 4.98 Å². The summed E-state index contributed by atoms with van der Waals surface area (Å²) in [6, 6.07) is 13.1. The van der Waals surface area contributed by atoms with Gasteiger partial charge in [-0.25, -0.2) is 18.1 Å². The van der Waals surface area contributed by atoms with E-state index in [9.17, 15) is 8.42 Å². The molecule has 0 fully saturated rings. The van der Waals surface area contributed by atoms with Crippen LogP contribution in [0, 0.1) is 0 Å². The number of halogens is 1. The highest BCUT2D eigenvalue weighted by atomic mass is 79.9. The molecular weight excluding hydrogens is 434 g/mol. The van der Waals surface area contributed by atoms with Gasteiger partial charge in [0.2, 0.25) is 10.0 Å². The Morgan fingerprint density at radius 1 is 1.19 bits per heavy atom. The number of fused-ring (bicyclic) bond motifs is 1. The van der Waals surface area contributed by atoms with Gasteiger partial charge in [0.05, 0.1) is 15.9 Å². The van der Waals surface area contributed by atoms with E-state index in [2.05, 4.69) is 42.8 Å². The van der Waals surface area contributed by atoms with Crippen LogP contribution in [0.1, 0.15) is 25.3 Å². The normalized spacial score (nSPS) is 11.9. The van der Waals surface area contributed by atoms with Crippen molar-refractivity contribution in [3.8, 4) is 0 Å². The van der Waals surface area contributed by atoms with Crippen LogP contribution in [0.2, 0.25) is 0 Å². The number of nitrogens with zero attached hydrogens (tertiary/aromatic N) is 1. The fourth-order valence-electron chi connectivity index (χ4n) is 2.40. The van der Waals surface area contributed by atoms with Crippen molar-refractivity contribution in [1.82, 2.24) is 14.7 Å². The Kier molecular flexibility index (Phi) is 6.39. The van der Waals surface area contributed by atoms with Crippen LogP contribution in [-0.2, 0) is 15.8 Å². The molecule has 0 aliphatic rings. The standard InChI is InChI=1S/C18H20BrN3O2S2/c1-2-3-10-20-26(23,24)15-8-9-16-17(11-15)22-18(21-16)25-12-13-4-6-14(19)7-5-13/h4-9,11,20H,2-3,10,12H2,1H3,(H,21,22). The number of aromatic nitrogens is 2. The summed E-state index contributed by atoms with van der Waals surface area (Å²) in [5.41, 5.74) is 2.68. The first-order valence-corrected chi connectivity index (χ1v) is 11.6. The molecule has 0 aliphatic carbocycles. The zero-order chi connectivity index (χ0) is 18.6. The summed E-state index contributed by atoms with van der Waals surface area (Å²) >= 11 is 5.02. The second-order valence-electron chi connectivity index (χ2n) is 5.89. The molecule has 138 valence electrons. The van der Waals surface area contributed by atoms with E-state index in [4.69, 9.17) is 0 Å². The molecule has 0 spiro atoms. The first kappa shape index (κ1) is 19.4. The summed E-state index contributed by atoms with van der Waals surface area (Å²) in [5, 5.41) is 0.774. The highest BCUT2D eigenvalue weighted by Gasteiger charge is 2.15. The SMILES string of the molecule is CCCCNS(=O)(=O)c1ccc2nc(SCc3ccc(Br)cc3)[nH]c2c1. The molecule has 0 saturated heterocycles. The Labute approximate surface area is 166 Å². The molecule has 0 atom stereocenters. The van der Waals surface area contributed by atoms with E-state index in [1.165, 1.54) is 5.56 Å². The maximum Gasteiger partial charge on any atom is 0.240 e. The van der Waals surface area contributed by atoms with E-state index in [0.717, 1.165) is 39.3 Å². The third-order valence-corrected chi connectivity index (χ3v) is 6.78. The van der Waals surface area contributed by atoms with Gasteiger partial charge in [-0.15, -0.1) is 0 Å². The summed E-state index contributed by atoms with van der Waals surface area (Å²) in [5.74, 6) is 0.789. The topological polar surface area (TPSA) is 74.8 Å². The second-order valence-corrected chi connectivity index (χ2v) is 9.53. The number of rotatable bonds is 8. The molecule has 1 aromatic heterocycles. The number of aromatic amines is 1. The van der Waals surface area contributed by atoms with Crippen molar-refractivity contribution < 1.29 is 8.42 Å². The minimum Gasteiger partial charge on any atom is -0.333 e. The predicted molar refractivity (Wildman–Crippen MR) is 110 cm³/mol. The van der Waals surface area contributed by atoms with Gasteiger partial charge in [-0.05, 0) is 42.3 Å². The molecule has 0 amide bonds. The molecule has 0 unspecified atom stereocenters. The first-order chi connectivity index (χ1) is 12.5. The number of H-pyrrole nitrogens is 1. The van der Waals surface area contributed by atoms with E-state index >= 15 is 0 Å². The van der Waals surface area contributed by atoms with Gasteiger partial charge in [0.15, 0.2) is 5.16 Å². The largest absolute Gasteiger partial charge is 0.333 e.